The SMILES string of the molecule is CC.CC.CC.COc1cc2c(CNC(=O)OC(C)(C)C)cnc(Cc3c(F)cccc3F)c2cc1OC. The van der Waals surface area contributed by atoms with Gasteiger partial charge in [-0.3, -0.25) is 4.98 Å². The topological polar surface area (TPSA) is 69.7 Å². The van der Waals surface area contributed by atoms with Crippen LogP contribution in [0.3, 0.4) is 0 Å². The zero-order valence-electron chi connectivity index (χ0n) is 24.7. The highest BCUT2D eigenvalue weighted by Crippen LogP contribution is 2.35. The van der Waals surface area contributed by atoms with Crippen LogP contribution in [-0.4, -0.2) is 30.9 Å². The molecule has 0 saturated heterocycles. The number of carbonyl (C=O) groups is 1. The standard InChI is InChI=1S/C24H26F2N2O4.3C2H6/c1-24(2,3)32-23(29)28-13-14-12-27-20(9-17-18(25)7-6-8-19(17)26)16-11-22(31-5)21(30-4)10-15(14)16;3*1-2/h6-8,10-12H,9,13H2,1-5H3,(H,28,29);3*1-2H3. The molecule has 0 atom stereocenters. The zero-order chi connectivity index (χ0) is 29.5. The van der Waals surface area contributed by atoms with Gasteiger partial charge in [0.1, 0.15) is 17.2 Å². The van der Waals surface area contributed by atoms with Crippen molar-refractivity contribution in [2.45, 2.75) is 80.9 Å². The Labute approximate surface area is 226 Å². The van der Waals surface area contributed by atoms with Crippen LogP contribution in [0.2, 0.25) is 0 Å². The number of fused-ring (bicyclic) bond motifs is 1. The van der Waals surface area contributed by atoms with Crippen LogP contribution in [0.4, 0.5) is 13.6 Å². The van der Waals surface area contributed by atoms with E-state index >= 15 is 0 Å². The van der Waals surface area contributed by atoms with Gasteiger partial charge in [0.05, 0.1) is 19.9 Å². The van der Waals surface area contributed by atoms with E-state index in [0.717, 1.165) is 0 Å². The molecule has 0 fully saturated rings. The number of aromatic nitrogens is 1. The van der Waals surface area contributed by atoms with Crippen LogP contribution in [0, 0.1) is 11.6 Å². The maximum atomic E-state index is 14.3. The minimum Gasteiger partial charge on any atom is -0.493 e. The van der Waals surface area contributed by atoms with Gasteiger partial charge in [0, 0.05) is 30.1 Å². The lowest BCUT2D eigenvalue weighted by atomic mass is 9.99. The summed E-state index contributed by atoms with van der Waals surface area (Å²) in [5.74, 6) is -0.353. The molecular formula is C30H44F2N2O4. The fraction of sp³-hybridized carbons (Fsp3) is 0.467. The highest BCUT2D eigenvalue weighted by molar-refractivity contribution is 5.91. The third-order valence-corrected chi connectivity index (χ3v) is 4.78. The molecule has 1 amide bonds. The summed E-state index contributed by atoms with van der Waals surface area (Å²) < 4.78 is 44.6. The molecule has 6 nitrogen and oxygen atoms in total. The molecule has 38 heavy (non-hydrogen) atoms. The fourth-order valence-corrected chi connectivity index (χ4v) is 3.31. The molecule has 0 unspecified atom stereocenters. The van der Waals surface area contributed by atoms with Crippen LogP contribution in [0.25, 0.3) is 10.8 Å². The first-order valence-corrected chi connectivity index (χ1v) is 13.0. The Morgan fingerprint density at radius 3 is 1.87 bits per heavy atom. The predicted molar refractivity (Wildman–Crippen MR) is 151 cm³/mol. The molecule has 0 bridgehead atoms. The van der Waals surface area contributed by atoms with Gasteiger partial charge in [-0.15, -0.1) is 0 Å². The van der Waals surface area contributed by atoms with E-state index < -0.39 is 23.3 Å². The molecule has 1 N–H and O–H groups in total. The molecule has 0 aliphatic heterocycles. The maximum absolute atomic E-state index is 14.3. The molecule has 8 heteroatoms. The minimum absolute atomic E-state index is 0.0513. The fourth-order valence-electron chi connectivity index (χ4n) is 3.31. The largest absolute Gasteiger partial charge is 0.493 e. The van der Waals surface area contributed by atoms with Gasteiger partial charge in [-0.05, 0) is 56.0 Å². The van der Waals surface area contributed by atoms with E-state index in [1.807, 2.05) is 41.5 Å². The van der Waals surface area contributed by atoms with Crippen LogP contribution in [0.1, 0.15) is 79.1 Å². The first-order chi connectivity index (χ1) is 18.1. The Kier molecular flexibility index (Phi) is 15.6. The molecule has 3 aromatic rings. The third kappa shape index (κ3) is 9.80. The average Bonchev–Trinajstić information content (AvgIpc) is 2.91. The summed E-state index contributed by atoms with van der Waals surface area (Å²) in [5, 5.41) is 4.05. The number of hydrogen-bond acceptors (Lipinski definition) is 5. The minimum atomic E-state index is -0.643. The van der Waals surface area contributed by atoms with Crippen LogP contribution in [-0.2, 0) is 17.7 Å². The van der Waals surface area contributed by atoms with Crippen molar-refractivity contribution in [2.24, 2.45) is 0 Å². The number of ether oxygens (including phenoxy) is 3. The highest BCUT2D eigenvalue weighted by Gasteiger charge is 2.19. The molecule has 0 radical (unpaired) electrons. The molecule has 1 aromatic heterocycles. The summed E-state index contributed by atoms with van der Waals surface area (Å²) in [6.07, 6.45) is 0.952. The molecule has 212 valence electrons. The number of alkyl carbamates (subject to hydrolysis) is 1. The normalized spacial score (nSPS) is 10.0. The second-order valence-corrected chi connectivity index (χ2v) is 8.22. The number of hydrogen-bond donors (Lipinski definition) is 1. The van der Waals surface area contributed by atoms with Crippen molar-refractivity contribution in [1.29, 1.82) is 0 Å². The highest BCUT2D eigenvalue weighted by atomic mass is 19.1. The summed E-state index contributed by atoms with van der Waals surface area (Å²) >= 11 is 0. The van der Waals surface area contributed by atoms with Crippen LogP contribution in [0.15, 0.2) is 36.5 Å². The van der Waals surface area contributed by atoms with Crippen LogP contribution in [0.5, 0.6) is 11.5 Å². The number of methoxy groups -OCH3 is 2. The second kappa shape index (κ2) is 17.2. The van der Waals surface area contributed by atoms with Gasteiger partial charge in [0.15, 0.2) is 11.5 Å². The summed E-state index contributed by atoms with van der Waals surface area (Å²) in [6, 6.07) is 7.21. The Balaban J connectivity index is 0.00000213. The van der Waals surface area contributed by atoms with Crippen molar-refractivity contribution in [3.63, 3.8) is 0 Å². The number of carbonyl (C=O) groups excluding carboxylic acids is 1. The maximum Gasteiger partial charge on any atom is 0.407 e. The van der Waals surface area contributed by atoms with Gasteiger partial charge >= 0.3 is 6.09 Å². The average molecular weight is 535 g/mol. The summed E-state index contributed by atoms with van der Waals surface area (Å²) in [4.78, 5) is 16.5. The van der Waals surface area contributed by atoms with Gasteiger partial charge in [0.2, 0.25) is 0 Å². The predicted octanol–water partition coefficient (Wildman–Crippen LogP) is 8.22. The van der Waals surface area contributed by atoms with Crippen molar-refractivity contribution in [1.82, 2.24) is 10.3 Å². The van der Waals surface area contributed by atoms with Crippen LogP contribution >= 0.6 is 0 Å². The van der Waals surface area contributed by atoms with Crippen molar-refractivity contribution in [2.75, 3.05) is 14.2 Å². The Hall–Kier alpha value is -3.42. The first-order valence-electron chi connectivity index (χ1n) is 13.0. The molecule has 0 aliphatic rings. The van der Waals surface area contributed by atoms with E-state index in [4.69, 9.17) is 14.2 Å². The monoisotopic (exact) mass is 534 g/mol. The molecular weight excluding hydrogens is 490 g/mol. The van der Waals surface area contributed by atoms with Gasteiger partial charge in [-0.2, -0.15) is 0 Å². The lowest BCUT2D eigenvalue weighted by molar-refractivity contribution is 0.0523. The van der Waals surface area contributed by atoms with Gasteiger partial charge in [0.25, 0.3) is 0 Å². The number of nitrogens with zero attached hydrogens (tertiary/aromatic N) is 1. The lowest BCUT2D eigenvalue weighted by Gasteiger charge is -2.20. The molecule has 0 spiro atoms. The second-order valence-electron chi connectivity index (χ2n) is 8.22. The number of benzene rings is 2. The van der Waals surface area contributed by atoms with Crippen molar-refractivity contribution in [3.05, 3.63) is 65.0 Å². The number of rotatable bonds is 6. The van der Waals surface area contributed by atoms with E-state index in [9.17, 15) is 13.6 Å². The first kappa shape index (κ1) is 34.6. The van der Waals surface area contributed by atoms with E-state index in [2.05, 4.69) is 10.3 Å². The number of nitrogens with one attached hydrogen (secondary N) is 1. The van der Waals surface area contributed by atoms with Crippen molar-refractivity contribution < 1.29 is 27.8 Å². The van der Waals surface area contributed by atoms with E-state index in [1.54, 1.807) is 39.1 Å². The van der Waals surface area contributed by atoms with Gasteiger partial charge in [-0.25, -0.2) is 13.6 Å². The summed E-state index contributed by atoms with van der Waals surface area (Å²) in [6.45, 7) is 17.5. The van der Waals surface area contributed by atoms with E-state index in [-0.39, 0.29) is 18.5 Å². The van der Waals surface area contributed by atoms with E-state index in [1.165, 1.54) is 32.4 Å². The molecule has 1 heterocycles. The summed E-state index contributed by atoms with van der Waals surface area (Å²) in [5.41, 5.74) is 0.445. The van der Waals surface area contributed by atoms with Crippen LogP contribution < -0.4 is 14.8 Å². The number of halogens is 2. The van der Waals surface area contributed by atoms with Gasteiger partial charge in [-0.1, -0.05) is 47.6 Å². The Bertz CT molecular complexity index is 1130. The molecule has 2 aromatic carbocycles. The van der Waals surface area contributed by atoms with Crippen molar-refractivity contribution in [3.8, 4) is 11.5 Å². The molecule has 0 saturated carbocycles. The lowest BCUT2D eigenvalue weighted by Crippen LogP contribution is -2.32. The zero-order valence-corrected chi connectivity index (χ0v) is 24.7. The van der Waals surface area contributed by atoms with E-state index in [0.29, 0.717) is 33.5 Å². The molecule has 3 rings (SSSR count). The molecule has 0 aliphatic carbocycles. The Morgan fingerprint density at radius 2 is 1.39 bits per heavy atom. The number of pyridine rings is 1. The summed E-state index contributed by atoms with van der Waals surface area (Å²) in [7, 11) is 3.01. The van der Waals surface area contributed by atoms with Crippen molar-refractivity contribution >= 4 is 16.9 Å². The smallest absolute Gasteiger partial charge is 0.407 e. The third-order valence-electron chi connectivity index (χ3n) is 4.78. The number of amides is 1. The quantitative estimate of drug-likeness (QED) is 0.345. The van der Waals surface area contributed by atoms with Gasteiger partial charge < -0.3 is 19.5 Å². The Morgan fingerprint density at radius 1 is 0.895 bits per heavy atom.